The molecule has 22 heavy (non-hydrogen) atoms. The second kappa shape index (κ2) is 5.79. The third-order valence-corrected chi connectivity index (χ3v) is 3.74. The number of nitrogens with zero attached hydrogens (tertiary/aromatic N) is 1. The lowest BCUT2D eigenvalue weighted by atomic mass is 9.98. The van der Waals surface area contributed by atoms with Crippen LogP contribution < -0.4 is 9.47 Å². The van der Waals surface area contributed by atoms with E-state index < -0.39 is 0 Å². The molecule has 3 heteroatoms. The van der Waals surface area contributed by atoms with E-state index in [1.165, 1.54) is 0 Å². The first-order chi connectivity index (χ1) is 10.8. The first-order valence-corrected chi connectivity index (χ1v) is 6.92. The van der Waals surface area contributed by atoms with Gasteiger partial charge in [0.15, 0.2) is 0 Å². The number of fused-ring (bicyclic) bond motifs is 1. The molecule has 0 atom stereocenters. The summed E-state index contributed by atoms with van der Waals surface area (Å²) in [6.07, 6.45) is 0. The molecule has 3 rings (SSSR count). The van der Waals surface area contributed by atoms with Crippen molar-refractivity contribution < 1.29 is 9.47 Å². The van der Waals surface area contributed by atoms with Crippen molar-refractivity contribution in [3.8, 4) is 28.7 Å². The lowest BCUT2D eigenvalue weighted by molar-refractivity contribution is 0.414. The molecule has 0 unspecified atom stereocenters. The molecule has 0 bridgehead atoms. The van der Waals surface area contributed by atoms with Crippen LogP contribution in [-0.2, 0) is 0 Å². The SMILES string of the molecule is COc1ccc(-c2ccc3c(C#N)c(OC)ccc3c2)cc1. The van der Waals surface area contributed by atoms with E-state index >= 15 is 0 Å². The summed E-state index contributed by atoms with van der Waals surface area (Å²) in [5.74, 6) is 1.44. The van der Waals surface area contributed by atoms with Gasteiger partial charge in [-0.1, -0.05) is 30.3 Å². The number of rotatable bonds is 3. The summed E-state index contributed by atoms with van der Waals surface area (Å²) in [6.45, 7) is 0. The number of hydrogen-bond acceptors (Lipinski definition) is 3. The van der Waals surface area contributed by atoms with Gasteiger partial charge in [0.1, 0.15) is 23.1 Å². The molecule has 0 aromatic heterocycles. The topological polar surface area (TPSA) is 42.2 Å². The molecule has 0 spiro atoms. The van der Waals surface area contributed by atoms with Crippen molar-refractivity contribution in [2.45, 2.75) is 0 Å². The highest BCUT2D eigenvalue weighted by molar-refractivity contribution is 5.93. The van der Waals surface area contributed by atoms with Crippen LogP contribution in [0, 0.1) is 11.3 Å². The molecule has 0 saturated heterocycles. The van der Waals surface area contributed by atoms with E-state index in [0.29, 0.717) is 11.3 Å². The highest BCUT2D eigenvalue weighted by Crippen LogP contribution is 2.31. The number of benzene rings is 3. The van der Waals surface area contributed by atoms with Crippen LogP contribution >= 0.6 is 0 Å². The first-order valence-electron chi connectivity index (χ1n) is 6.92. The van der Waals surface area contributed by atoms with Gasteiger partial charge in [0, 0.05) is 5.39 Å². The van der Waals surface area contributed by atoms with Crippen LogP contribution in [-0.4, -0.2) is 14.2 Å². The summed E-state index contributed by atoms with van der Waals surface area (Å²) in [5.41, 5.74) is 2.78. The minimum atomic E-state index is 0.571. The molecule has 3 nitrogen and oxygen atoms in total. The maximum Gasteiger partial charge on any atom is 0.137 e. The molecule has 0 radical (unpaired) electrons. The molecule has 0 amide bonds. The summed E-state index contributed by atoms with van der Waals surface area (Å²) >= 11 is 0. The summed E-state index contributed by atoms with van der Waals surface area (Å²) in [7, 11) is 3.23. The van der Waals surface area contributed by atoms with Crippen LogP contribution in [0.4, 0.5) is 0 Å². The maximum atomic E-state index is 9.35. The molecule has 0 aliphatic rings. The number of hydrogen-bond donors (Lipinski definition) is 0. The second-order valence-corrected chi connectivity index (χ2v) is 4.92. The second-order valence-electron chi connectivity index (χ2n) is 4.92. The predicted octanol–water partition coefficient (Wildman–Crippen LogP) is 4.40. The molecule has 0 N–H and O–H groups in total. The molecule has 0 aliphatic heterocycles. The monoisotopic (exact) mass is 289 g/mol. The molecule has 3 aromatic rings. The average Bonchev–Trinajstić information content (AvgIpc) is 2.60. The average molecular weight is 289 g/mol. The van der Waals surface area contributed by atoms with E-state index in [9.17, 15) is 5.26 Å². The third kappa shape index (κ3) is 2.36. The van der Waals surface area contributed by atoms with Crippen LogP contribution in [0.25, 0.3) is 21.9 Å². The van der Waals surface area contributed by atoms with Crippen LogP contribution in [0.5, 0.6) is 11.5 Å². The number of nitriles is 1. The lowest BCUT2D eigenvalue weighted by Crippen LogP contribution is -1.90. The summed E-state index contributed by atoms with van der Waals surface area (Å²) in [4.78, 5) is 0. The van der Waals surface area contributed by atoms with Crippen molar-refractivity contribution in [2.75, 3.05) is 14.2 Å². The molecule has 0 heterocycles. The molecule has 3 aromatic carbocycles. The van der Waals surface area contributed by atoms with Gasteiger partial charge in [-0.25, -0.2) is 0 Å². The van der Waals surface area contributed by atoms with Gasteiger partial charge in [0.2, 0.25) is 0 Å². The van der Waals surface area contributed by atoms with Gasteiger partial charge in [-0.15, -0.1) is 0 Å². The maximum absolute atomic E-state index is 9.35. The molecule has 108 valence electrons. The van der Waals surface area contributed by atoms with Crippen LogP contribution in [0.3, 0.4) is 0 Å². The smallest absolute Gasteiger partial charge is 0.137 e. The molecular weight excluding hydrogens is 274 g/mol. The highest BCUT2D eigenvalue weighted by Gasteiger charge is 2.08. The first kappa shape index (κ1) is 14.0. The van der Waals surface area contributed by atoms with E-state index in [1.54, 1.807) is 14.2 Å². The fourth-order valence-electron chi connectivity index (χ4n) is 2.56. The van der Waals surface area contributed by atoms with Gasteiger partial charge in [-0.05, 0) is 40.8 Å². The van der Waals surface area contributed by atoms with Gasteiger partial charge in [-0.3, -0.25) is 0 Å². The molecule has 0 saturated carbocycles. The van der Waals surface area contributed by atoms with Crippen molar-refractivity contribution in [1.82, 2.24) is 0 Å². The van der Waals surface area contributed by atoms with Crippen molar-refractivity contribution >= 4 is 10.8 Å². The lowest BCUT2D eigenvalue weighted by Gasteiger charge is -2.09. The van der Waals surface area contributed by atoms with Gasteiger partial charge in [0.05, 0.1) is 14.2 Å². The fraction of sp³-hybridized carbons (Fsp3) is 0.105. The molecule has 0 fully saturated rings. The van der Waals surface area contributed by atoms with Gasteiger partial charge in [-0.2, -0.15) is 5.26 Å². The van der Waals surface area contributed by atoms with E-state index in [-0.39, 0.29) is 0 Å². The minimum Gasteiger partial charge on any atom is -0.497 e. The Balaban J connectivity index is 2.12. The van der Waals surface area contributed by atoms with E-state index in [2.05, 4.69) is 12.1 Å². The Labute approximate surface area is 129 Å². The number of ether oxygens (including phenoxy) is 2. The van der Waals surface area contributed by atoms with Crippen LogP contribution in [0.15, 0.2) is 54.6 Å². The van der Waals surface area contributed by atoms with E-state index in [0.717, 1.165) is 27.6 Å². The largest absolute Gasteiger partial charge is 0.497 e. The minimum absolute atomic E-state index is 0.571. The van der Waals surface area contributed by atoms with Crippen molar-refractivity contribution in [3.05, 3.63) is 60.2 Å². The Kier molecular flexibility index (Phi) is 3.67. The Morgan fingerprint density at radius 3 is 2.18 bits per heavy atom. The third-order valence-electron chi connectivity index (χ3n) is 3.74. The zero-order valence-electron chi connectivity index (χ0n) is 12.5. The molecule has 0 aliphatic carbocycles. The van der Waals surface area contributed by atoms with E-state index in [4.69, 9.17) is 9.47 Å². The normalized spacial score (nSPS) is 10.2. The van der Waals surface area contributed by atoms with Crippen LogP contribution in [0.2, 0.25) is 0 Å². The van der Waals surface area contributed by atoms with Gasteiger partial charge < -0.3 is 9.47 Å². The van der Waals surface area contributed by atoms with Crippen LogP contribution in [0.1, 0.15) is 5.56 Å². The van der Waals surface area contributed by atoms with Crippen molar-refractivity contribution in [2.24, 2.45) is 0 Å². The summed E-state index contributed by atoms with van der Waals surface area (Å²) in [6, 6.07) is 20.0. The van der Waals surface area contributed by atoms with Gasteiger partial charge >= 0.3 is 0 Å². The van der Waals surface area contributed by atoms with Gasteiger partial charge in [0.25, 0.3) is 0 Å². The predicted molar refractivity (Wildman–Crippen MR) is 87.2 cm³/mol. The fourth-order valence-corrected chi connectivity index (χ4v) is 2.56. The van der Waals surface area contributed by atoms with E-state index in [1.807, 2.05) is 48.5 Å². The zero-order chi connectivity index (χ0) is 15.5. The Hall–Kier alpha value is -2.99. The standard InChI is InChI=1S/C19H15NO2/c1-21-16-7-3-13(4-8-16)14-5-9-17-15(11-14)6-10-19(22-2)18(17)12-20/h3-11H,1-2H3. The quantitative estimate of drug-likeness (QED) is 0.718. The zero-order valence-corrected chi connectivity index (χ0v) is 12.5. The van der Waals surface area contributed by atoms with Crippen molar-refractivity contribution in [3.63, 3.8) is 0 Å². The van der Waals surface area contributed by atoms with Crippen molar-refractivity contribution in [1.29, 1.82) is 5.26 Å². The Morgan fingerprint density at radius 2 is 1.55 bits per heavy atom. The summed E-state index contributed by atoms with van der Waals surface area (Å²) in [5, 5.41) is 11.3. The Bertz CT molecular complexity index is 861. The molecular formula is C19H15NO2. The number of methoxy groups -OCH3 is 2. The highest BCUT2D eigenvalue weighted by atomic mass is 16.5. The summed E-state index contributed by atoms with van der Waals surface area (Å²) < 4.78 is 10.4. The Morgan fingerprint density at radius 1 is 0.818 bits per heavy atom.